The number of nitrogens with zero attached hydrogens (tertiary/aromatic N) is 2. The smallest absolute Gasteiger partial charge is 0.187 e. The number of likely N-dealkylation sites (tertiary alicyclic amines) is 1. The lowest BCUT2D eigenvalue weighted by Crippen LogP contribution is -2.49. The van der Waals surface area contributed by atoms with Crippen molar-refractivity contribution in [2.24, 2.45) is 0 Å². The van der Waals surface area contributed by atoms with Crippen LogP contribution in [0.1, 0.15) is 38.8 Å². The predicted octanol–water partition coefficient (Wildman–Crippen LogP) is 5.78. The van der Waals surface area contributed by atoms with Gasteiger partial charge in [-0.3, -0.25) is 9.69 Å². The normalized spacial score (nSPS) is 22.5. The van der Waals surface area contributed by atoms with Crippen molar-refractivity contribution in [2.45, 2.75) is 38.8 Å². The molecule has 1 N–H and O–H groups in total. The van der Waals surface area contributed by atoms with Crippen LogP contribution in [0.5, 0.6) is 0 Å². The number of hydrogen-bond acceptors (Lipinski definition) is 4. The van der Waals surface area contributed by atoms with E-state index in [4.69, 9.17) is 0 Å². The van der Waals surface area contributed by atoms with E-state index in [1.165, 1.54) is 29.3 Å². The van der Waals surface area contributed by atoms with Crippen molar-refractivity contribution in [3.8, 4) is 0 Å². The average molecular weight is 501 g/mol. The van der Waals surface area contributed by atoms with E-state index in [2.05, 4.69) is 0 Å². The van der Waals surface area contributed by atoms with Gasteiger partial charge in [0.1, 0.15) is 23.3 Å². The number of ketones is 1. The first-order valence-electron chi connectivity index (χ1n) is 11.6. The Balaban J connectivity index is 1.74. The highest BCUT2D eigenvalue weighted by atomic mass is 19.1. The second-order valence-corrected chi connectivity index (χ2v) is 10.3. The fourth-order valence-electron chi connectivity index (χ4n) is 4.83. The van der Waals surface area contributed by atoms with Crippen LogP contribution in [0, 0.1) is 23.3 Å². The van der Waals surface area contributed by atoms with E-state index < -0.39 is 40.1 Å². The molecular weight excluding hydrogens is 472 g/mol. The molecule has 2 heterocycles. The molecule has 1 fully saturated rings. The van der Waals surface area contributed by atoms with Crippen LogP contribution >= 0.6 is 0 Å². The van der Waals surface area contributed by atoms with Crippen LogP contribution in [0.15, 0.2) is 59.2 Å². The molecule has 0 amide bonds. The summed E-state index contributed by atoms with van der Waals surface area (Å²) in [4.78, 5) is 15.3. The van der Waals surface area contributed by atoms with E-state index >= 15 is 0 Å². The second kappa shape index (κ2) is 9.42. The molecule has 0 saturated carbocycles. The second-order valence-electron chi connectivity index (χ2n) is 10.3. The highest BCUT2D eigenvalue weighted by Gasteiger charge is 2.45. The number of Topliss-reactive ketones (excluding diaryl/α,β-unsaturated/α-hetero) is 1. The molecule has 0 bridgehead atoms. The van der Waals surface area contributed by atoms with Crippen LogP contribution < -0.4 is 0 Å². The number of rotatable bonds is 4. The lowest BCUT2D eigenvalue weighted by atomic mass is 9.91. The van der Waals surface area contributed by atoms with Crippen LogP contribution in [0.3, 0.4) is 0 Å². The van der Waals surface area contributed by atoms with Gasteiger partial charge in [0.15, 0.2) is 5.78 Å². The molecule has 2 aromatic carbocycles. The summed E-state index contributed by atoms with van der Waals surface area (Å²) in [6, 6.07) is 6.20. The molecule has 0 aliphatic carbocycles. The summed E-state index contributed by atoms with van der Waals surface area (Å²) >= 11 is 0. The van der Waals surface area contributed by atoms with Crippen LogP contribution in [-0.4, -0.2) is 51.7 Å². The van der Waals surface area contributed by atoms with Crippen LogP contribution in [0.2, 0.25) is 0 Å². The van der Waals surface area contributed by atoms with Crippen LogP contribution in [-0.2, 0) is 4.79 Å². The minimum atomic E-state index is -0.806. The van der Waals surface area contributed by atoms with Gasteiger partial charge in [-0.05, 0) is 69.7 Å². The highest BCUT2D eigenvalue weighted by molar-refractivity contribution is 6.14. The van der Waals surface area contributed by atoms with E-state index in [9.17, 15) is 27.6 Å². The first-order valence-corrected chi connectivity index (χ1v) is 11.6. The average Bonchev–Trinajstić information content (AvgIpc) is 2.93. The van der Waals surface area contributed by atoms with Gasteiger partial charge in [0.25, 0.3) is 0 Å². The van der Waals surface area contributed by atoms with Crippen molar-refractivity contribution in [1.82, 2.24) is 9.96 Å². The SMILES string of the molecule is CC1(C)C=C(CN2C/C(=C\c3ccc(F)cc3F)C(=O)/C(=C/c3ccc(F)cc3F)C2)C(C)(C)N1O. The molecule has 2 aromatic rings. The van der Waals surface area contributed by atoms with Crippen molar-refractivity contribution in [1.29, 1.82) is 0 Å². The molecule has 0 spiro atoms. The van der Waals surface area contributed by atoms with Gasteiger partial charge in [0, 0.05) is 54.0 Å². The Morgan fingerprint density at radius 1 is 0.861 bits per heavy atom. The lowest BCUT2D eigenvalue weighted by molar-refractivity contribution is -0.185. The third-order valence-corrected chi connectivity index (χ3v) is 6.74. The Kier molecular flexibility index (Phi) is 6.81. The molecule has 1 saturated heterocycles. The summed E-state index contributed by atoms with van der Waals surface area (Å²) < 4.78 is 55.5. The molecule has 36 heavy (non-hydrogen) atoms. The number of carbonyl (C=O) groups is 1. The summed E-state index contributed by atoms with van der Waals surface area (Å²) in [5.74, 6) is -3.47. The van der Waals surface area contributed by atoms with Gasteiger partial charge in [-0.2, -0.15) is 5.06 Å². The van der Waals surface area contributed by atoms with E-state index in [-0.39, 0.29) is 35.4 Å². The first-order chi connectivity index (χ1) is 16.8. The van der Waals surface area contributed by atoms with Crippen molar-refractivity contribution in [3.63, 3.8) is 0 Å². The number of piperidine rings is 1. The predicted molar refractivity (Wildman–Crippen MR) is 130 cm³/mol. The van der Waals surface area contributed by atoms with Crippen molar-refractivity contribution in [2.75, 3.05) is 19.6 Å². The summed E-state index contributed by atoms with van der Waals surface area (Å²) in [5.41, 5.74) is 0.244. The largest absolute Gasteiger partial charge is 0.312 e. The maximum Gasteiger partial charge on any atom is 0.187 e. The molecule has 8 heteroatoms. The Morgan fingerprint density at radius 2 is 1.33 bits per heavy atom. The number of hydrogen-bond donors (Lipinski definition) is 1. The Hall–Kier alpha value is -3.07. The molecule has 0 atom stereocenters. The third kappa shape index (κ3) is 5.07. The first kappa shape index (κ1) is 26.0. The fourth-order valence-corrected chi connectivity index (χ4v) is 4.83. The Morgan fingerprint density at radius 3 is 1.72 bits per heavy atom. The topological polar surface area (TPSA) is 43.8 Å². The molecule has 2 aliphatic rings. The number of halogens is 4. The van der Waals surface area contributed by atoms with Gasteiger partial charge in [0.05, 0.1) is 11.1 Å². The zero-order chi connectivity index (χ0) is 26.4. The van der Waals surface area contributed by atoms with Gasteiger partial charge in [-0.15, -0.1) is 0 Å². The van der Waals surface area contributed by atoms with E-state index in [1.807, 2.05) is 38.7 Å². The van der Waals surface area contributed by atoms with Crippen LogP contribution in [0.4, 0.5) is 17.6 Å². The molecule has 190 valence electrons. The van der Waals surface area contributed by atoms with Gasteiger partial charge >= 0.3 is 0 Å². The van der Waals surface area contributed by atoms with E-state index in [0.717, 1.165) is 29.8 Å². The zero-order valence-corrected chi connectivity index (χ0v) is 20.6. The van der Waals surface area contributed by atoms with Gasteiger partial charge in [0.2, 0.25) is 0 Å². The zero-order valence-electron chi connectivity index (χ0n) is 20.6. The quantitative estimate of drug-likeness (QED) is 0.328. The third-order valence-electron chi connectivity index (χ3n) is 6.74. The fraction of sp³-hybridized carbons (Fsp3) is 0.321. The maximum absolute atomic E-state index is 14.4. The van der Waals surface area contributed by atoms with Crippen LogP contribution in [0.25, 0.3) is 12.2 Å². The Labute approximate surface area is 207 Å². The summed E-state index contributed by atoms with van der Waals surface area (Å²) in [7, 11) is 0. The molecule has 2 aliphatic heterocycles. The number of carbonyl (C=O) groups excluding carboxylic acids is 1. The van der Waals surface area contributed by atoms with Crippen molar-refractivity contribution in [3.05, 3.63) is 93.6 Å². The van der Waals surface area contributed by atoms with Crippen molar-refractivity contribution >= 4 is 17.9 Å². The minimum Gasteiger partial charge on any atom is -0.312 e. The lowest BCUT2D eigenvalue weighted by Gasteiger charge is -2.38. The number of hydroxylamine groups is 2. The minimum absolute atomic E-state index is 0.0528. The summed E-state index contributed by atoms with van der Waals surface area (Å²) in [6.07, 6.45) is 4.71. The highest BCUT2D eigenvalue weighted by Crippen LogP contribution is 2.39. The monoisotopic (exact) mass is 500 g/mol. The standard InChI is InChI=1S/C28H28F4N2O2/c1-27(2)13-21(28(3,4)34(27)36)16-33-14-19(9-17-5-7-22(29)11-24(17)31)26(35)20(15-33)10-18-6-8-23(30)12-25(18)32/h5-13,36H,14-16H2,1-4H3/b19-9+,20-10+. The Bertz CT molecular complexity index is 1240. The maximum atomic E-state index is 14.4. The number of benzene rings is 2. The molecular formula is C28H28F4N2O2. The molecule has 0 aromatic heterocycles. The van der Waals surface area contributed by atoms with E-state index in [0.29, 0.717) is 6.54 Å². The molecule has 4 nitrogen and oxygen atoms in total. The summed E-state index contributed by atoms with van der Waals surface area (Å²) in [5, 5.41) is 11.9. The summed E-state index contributed by atoms with van der Waals surface area (Å²) in [6.45, 7) is 8.25. The molecule has 0 unspecified atom stereocenters. The molecule has 0 radical (unpaired) electrons. The van der Waals surface area contributed by atoms with E-state index in [1.54, 1.807) is 0 Å². The molecule has 4 rings (SSSR count). The van der Waals surface area contributed by atoms with Gasteiger partial charge in [-0.25, -0.2) is 17.6 Å². The van der Waals surface area contributed by atoms with Gasteiger partial charge < -0.3 is 5.21 Å². The van der Waals surface area contributed by atoms with Gasteiger partial charge in [-0.1, -0.05) is 6.08 Å². The van der Waals surface area contributed by atoms with Crippen molar-refractivity contribution < 1.29 is 27.6 Å².